The molecule has 56 valence electrons. The molecule has 1 saturated carbocycles. The second-order valence-electron chi connectivity index (χ2n) is 2.60. The van der Waals surface area contributed by atoms with Crippen LogP contribution in [-0.2, 0) is 4.79 Å². The van der Waals surface area contributed by atoms with Crippen LogP contribution >= 0.6 is 0 Å². The van der Waals surface area contributed by atoms with E-state index in [-0.39, 0.29) is 5.91 Å². The average molecular weight is 142 g/mol. The summed E-state index contributed by atoms with van der Waals surface area (Å²) < 4.78 is 0.785. The molecule has 0 atom stereocenters. The highest BCUT2D eigenvalue weighted by atomic mass is 16.5. The van der Waals surface area contributed by atoms with E-state index in [4.69, 9.17) is 5.21 Å². The maximum Gasteiger partial charge on any atom is 0.430 e. The zero-order valence-electron chi connectivity index (χ0n) is 6.13. The third kappa shape index (κ3) is 1.35. The van der Waals surface area contributed by atoms with Crippen molar-refractivity contribution >= 4 is 11.6 Å². The van der Waals surface area contributed by atoms with Crippen molar-refractivity contribution in [1.29, 1.82) is 0 Å². The Morgan fingerprint density at radius 2 is 2.00 bits per heavy atom. The van der Waals surface area contributed by atoms with E-state index in [0.29, 0.717) is 0 Å². The topological polar surface area (TPSA) is 40.3 Å². The Bertz CT molecular complexity index is 176. The van der Waals surface area contributed by atoms with E-state index in [1.54, 1.807) is 0 Å². The van der Waals surface area contributed by atoms with Gasteiger partial charge in [0.25, 0.3) is 0 Å². The molecule has 1 fully saturated rings. The first-order valence-electron chi connectivity index (χ1n) is 3.56. The number of hydrogen-bond acceptors (Lipinski definition) is 2. The van der Waals surface area contributed by atoms with Crippen molar-refractivity contribution in [1.82, 2.24) is 0 Å². The van der Waals surface area contributed by atoms with E-state index in [0.717, 1.165) is 36.1 Å². The number of hydroxylamine groups is 1. The van der Waals surface area contributed by atoms with Gasteiger partial charge in [-0.25, -0.2) is 4.79 Å². The molecule has 0 radical (unpaired) electrons. The number of nitrogens with zero attached hydrogens (tertiary/aromatic N) is 1. The first kappa shape index (κ1) is 7.25. The quantitative estimate of drug-likeness (QED) is 0.237. The summed E-state index contributed by atoms with van der Waals surface area (Å²) >= 11 is 0. The molecule has 0 spiro atoms. The highest BCUT2D eigenvalue weighted by molar-refractivity contribution is 5.85. The summed E-state index contributed by atoms with van der Waals surface area (Å²) in [6.07, 6.45) is 3.94. The predicted octanol–water partition coefficient (Wildman–Crippen LogP) is 0.950. The lowest BCUT2D eigenvalue weighted by molar-refractivity contribution is -0.705. The zero-order chi connectivity index (χ0) is 7.56. The Balaban J connectivity index is 2.73. The lowest BCUT2D eigenvalue weighted by atomic mass is 10.3. The summed E-state index contributed by atoms with van der Waals surface area (Å²) in [6, 6.07) is 0. The highest BCUT2D eigenvalue weighted by Gasteiger charge is 2.22. The summed E-state index contributed by atoms with van der Waals surface area (Å²) in [6.45, 7) is 1.37. The second-order valence-corrected chi connectivity index (χ2v) is 2.60. The van der Waals surface area contributed by atoms with Gasteiger partial charge < -0.3 is 0 Å². The maximum absolute atomic E-state index is 10.6. The molecule has 0 aliphatic heterocycles. The molecule has 0 heterocycles. The van der Waals surface area contributed by atoms with Crippen LogP contribution < -0.4 is 0 Å². The first-order chi connectivity index (χ1) is 4.72. The molecule has 10 heavy (non-hydrogen) atoms. The van der Waals surface area contributed by atoms with Crippen LogP contribution in [-0.4, -0.2) is 21.6 Å². The van der Waals surface area contributed by atoms with Gasteiger partial charge in [0, 0.05) is 17.6 Å². The molecule has 0 bridgehead atoms. The standard InChI is InChI=1S/C7H12NO2/c1-6(9)8(10)7-4-2-3-5-7/h10H,2-5H2,1H3/q+1. The predicted molar refractivity (Wildman–Crippen MR) is 36.2 cm³/mol. The van der Waals surface area contributed by atoms with E-state index in [2.05, 4.69) is 0 Å². The summed E-state index contributed by atoms with van der Waals surface area (Å²) in [5.74, 6) is -0.281. The summed E-state index contributed by atoms with van der Waals surface area (Å²) in [7, 11) is 0. The van der Waals surface area contributed by atoms with Gasteiger partial charge in [0.05, 0.1) is 6.92 Å². The van der Waals surface area contributed by atoms with Gasteiger partial charge in [0.1, 0.15) is 0 Å². The van der Waals surface area contributed by atoms with Crippen LogP contribution in [0.3, 0.4) is 0 Å². The first-order valence-corrected chi connectivity index (χ1v) is 3.56. The fourth-order valence-electron chi connectivity index (χ4n) is 1.22. The third-order valence-corrected chi connectivity index (χ3v) is 1.78. The van der Waals surface area contributed by atoms with Crippen LogP contribution in [0.2, 0.25) is 0 Å². The highest BCUT2D eigenvalue weighted by Crippen LogP contribution is 2.13. The van der Waals surface area contributed by atoms with E-state index in [1.807, 2.05) is 0 Å². The van der Waals surface area contributed by atoms with Gasteiger partial charge in [-0.1, -0.05) is 0 Å². The Morgan fingerprint density at radius 1 is 1.50 bits per heavy atom. The number of hydrogen-bond donors (Lipinski definition) is 1. The number of carbonyl (C=O) groups is 1. The largest absolute Gasteiger partial charge is 0.430 e. The van der Waals surface area contributed by atoms with E-state index < -0.39 is 0 Å². The van der Waals surface area contributed by atoms with Gasteiger partial charge >= 0.3 is 5.91 Å². The number of carbonyl (C=O) groups excluding carboxylic acids is 1. The minimum absolute atomic E-state index is 0.281. The summed E-state index contributed by atoms with van der Waals surface area (Å²) in [4.78, 5) is 10.6. The molecule has 0 saturated heterocycles. The molecule has 3 nitrogen and oxygen atoms in total. The molecule has 1 aliphatic carbocycles. The van der Waals surface area contributed by atoms with Gasteiger partial charge in [-0.3, -0.25) is 5.21 Å². The minimum Gasteiger partial charge on any atom is -0.282 e. The van der Waals surface area contributed by atoms with Crippen LogP contribution in [0.5, 0.6) is 0 Å². The molecule has 0 unspecified atom stereocenters. The van der Waals surface area contributed by atoms with Crippen molar-refractivity contribution < 1.29 is 14.7 Å². The lowest BCUT2D eigenvalue weighted by Gasteiger charge is -1.87. The summed E-state index contributed by atoms with van der Waals surface area (Å²) in [5.41, 5.74) is 0.868. The third-order valence-electron chi connectivity index (χ3n) is 1.78. The van der Waals surface area contributed by atoms with Gasteiger partial charge in [-0.05, 0) is 12.8 Å². The lowest BCUT2D eigenvalue weighted by Crippen LogP contribution is -2.20. The summed E-state index contributed by atoms with van der Waals surface area (Å²) in [5, 5.41) is 9.07. The van der Waals surface area contributed by atoms with Crippen LogP contribution in [0.1, 0.15) is 32.6 Å². The molecular weight excluding hydrogens is 130 g/mol. The molecule has 0 aromatic heterocycles. The van der Waals surface area contributed by atoms with E-state index in [1.165, 1.54) is 6.92 Å². The number of rotatable bonds is 0. The Morgan fingerprint density at radius 3 is 2.40 bits per heavy atom. The number of amides is 1. The zero-order valence-corrected chi connectivity index (χ0v) is 6.13. The fourth-order valence-corrected chi connectivity index (χ4v) is 1.22. The molecule has 0 aromatic carbocycles. The molecule has 1 amide bonds. The average Bonchev–Trinajstić information content (AvgIpc) is 2.36. The minimum atomic E-state index is -0.281. The van der Waals surface area contributed by atoms with Gasteiger partial charge in [-0.2, -0.15) is 0 Å². The Labute approximate surface area is 59.9 Å². The van der Waals surface area contributed by atoms with Crippen LogP contribution in [0.25, 0.3) is 0 Å². The normalized spacial score (nSPS) is 17.5. The SMILES string of the molecule is CC(=O)[N+](O)=C1CCCC1. The second kappa shape index (κ2) is 2.82. The Hall–Kier alpha value is -0.860. The van der Waals surface area contributed by atoms with Crippen molar-refractivity contribution in [2.45, 2.75) is 32.6 Å². The van der Waals surface area contributed by atoms with E-state index in [9.17, 15) is 4.79 Å². The molecule has 1 aliphatic rings. The van der Waals surface area contributed by atoms with Crippen LogP contribution in [0.4, 0.5) is 0 Å². The van der Waals surface area contributed by atoms with E-state index >= 15 is 0 Å². The molecule has 1 rings (SSSR count). The van der Waals surface area contributed by atoms with Crippen LogP contribution in [0, 0.1) is 0 Å². The maximum atomic E-state index is 10.6. The van der Waals surface area contributed by atoms with Crippen molar-refractivity contribution in [2.75, 3.05) is 0 Å². The monoisotopic (exact) mass is 142 g/mol. The van der Waals surface area contributed by atoms with Crippen molar-refractivity contribution in [2.24, 2.45) is 0 Å². The molecule has 3 heteroatoms. The van der Waals surface area contributed by atoms with Gasteiger partial charge in [0.2, 0.25) is 5.71 Å². The van der Waals surface area contributed by atoms with Crippen molar-refractivity contribution in [3.63, 3.8) is 0 Å². The van der Waals surface area contributed by atoms with Gasteiger partial charge in [0.15, 0.2) is 0 Å². The molecule has 0 aromatic rings. The molecule has 1 N–H and O–H groups in total. The Kier molecular flexibility index (Phi) is 2.04. The fraction of sp³-hybridized carbons (Fsp3) is 0.714. The van der Waals surface area contributed by atoms with Crippen molar-refractivity contribution in [3.05, 3.63) is 0 Å². The van der Waals surface area contributed by atoms with Crippen molar-refractivity contribution in [3.8, 4) is 0 Å². The smallest absolute Gasteiger partial charge is 0.282 e. The van der Waals surface area contributed by atoms with Gasteiger partial charge in [-0.15, -0.1) is 0 Å². The molecular formula is C7H12NO2+. The van der Waals surface area contributed by atoms with Crippen LogP contribution in [0.15, 0.2) is 0 Å².